The summed E-state index contributed by atoms with van der Waals surface area (Å²) in [6.45, 7) is 5.71. The zero-order valence-corrected chi connectivity index (χ0v) is 6.98. The van der Waals surface area contributed by atoms with Crippen molar-refractivity contribution < 1.29 is 5.11 Å². The van der Waals surface area contributed by atoms with Crippen molar-refractivity contribution in [2.75, 3.05) is 0 Å². The first-order valence-corrected chi connectivity index (χ1v) is 3.77. The zero-order valence-electron chi connectivity index (χ0n) is 6.23. The van der Waals surface area contributed by atoms with Gasteiger partial charge in [-0.3, -0.25) is 0 Å². The molecule has 0 aliphatic rings. The van der Waals surface area contributed by atoms with Gasteiger partial charge in [0, 0.05) is 5.38 Å². The summed E-state index contributed by atoms with van der Waals surface area (Å²) in [6.07, 6.45) is 0.0941. The van der Waals surface area contributed by atoms with Gasteiger partial charge in [0.25, 0.3) is 0 Å². The molecule has 2 unspecified atom stereocenters. The van der Waals surface area contributed by atoms with E-state index in [-0.39, 0.29) is 11.3 Å². The summed E-state index contributed by atoms with van der Waals surface area (Å²) in [5, 5.41) is 11.0. The van der Waals surface area contributed by atoms with Gasteiger partial charge in [0.2, 0.25) is 0 Å². The van der Waals surface area contributed by atoms with Crippen LogP contribution >= 0.6 is 11.6 Å². The Labute approximate surface area is 62.0 Å². The Balaban J connectivity index is 3.38. The molecule has 0 N–H and O–H groups in total. The van der Waals surface area contributed by atoms with Gasteiger partial charge in [-0.1, -0.05) is 13.8 Å². The molecule has 2 atom stereocenters. The molecule has 0 heterocycles. The smallest absolute Gasteiger partial charge is 0.0966 e. The SMILES string of the molecule is CC(Cl)CC([O])C(C)C. The fourth-order valence-electron chi connectivity index (χ4n) is 0.592. The van der Waals surface area contributed by atoms with Gasteiger partial charge in [0.1, 0.15) is 0 Å². The Morgan fingerprint density at radius 1 is 1.33 bits per heavy atom. The van der Waals surface area contributed by atoms with Crippen molar-refractivity contribution in [1.82, 2.24) is 0 Å². The van der Waals surface area contributed by atoms with Crippen LogP contribution in [0.5, 0.6) is 0 Å². The van der Waals surface area contributed by atoms with Crippen molar-refractivity contribution >= 4 is 11.6 Å². The largest absolute Gasteiger partial charge is 0.233 e. The van der Waals surface area contributed by atoms with E-state index < -0.39 is 6.10 Å². The summed E-state index contributed by atoms with van der Waals surface area (Å²) < 4.78 is 0. The molecule has 0 aromatic carbocycles. The third kappa shape index (κ3) is 4.73. The average Bonchev–Trinajstić information content (AvgIpc) is 1.63. The molecule has 0 aliphatic heterocycles. The molecule has 0 saturated carbocycles. The van der Waals surface area contributed by atoms with Crippen LogP contribution in [0, 0.1) is 5.92 Å². The molecular weight excluding hydrogens is 136 g/mol. The van der Waals surface area contributed by atoms with Crippen molar-refractivity contribution in [3.05, 3.63) is 0 Å². The van der Waals surface area contributed by atoms with Gasteiger partial charge in [-0.15, -0.1) is 11.6 Å². The third-order valence-corrected chi connectivity index (χ3v) is 1.48. The van der Waals surface area contributed by atoms with E-state index in [1.54, 1.807) is 0 Å². The topological polar surface area (TPSA) is 19.9 Å². The summed E-state index contributed by atoms with van der Waals surface area (Å²) in [6, 6.07) is 0. The lowest BCUT2D eigenvalue weighted by atomic mass is 10.0. The molecule has 1 radical (unpaired) electrons. The minimum Gasteiger partial charge on any atom is -0.233 e. The normalized spacial score (nSPS) is 18.0. The molecule has 1 nitrogen and oxygen atoms in total. The maximum atomic E-state index is 11.0. The molecule has 0 fully saturated rings. The van der Waals surface area contributed by atoms with E-state index >= 15 is 0 Å². The van der Waals surface area contributed by atoms with E-state index in [1.807, 2.05) is 20.8 Å². The second kappa shape index (κ2) is 4.13. The predicted octanol–water partition coefficient (Wildman–Crippen LogP) is 2.46. The van der Waals surface area contributed by atoms with Crippen molar-refractivity contribution in [3.63, 3.8) is 0 Å². The van der Waals surface area contributed by atoms with Gasteiger partial charge >= 0.3 is 0 Å². The Hall–Kier alpha value is 0.250. The molecule has 0 bridgehead atoms. The van der Waals surface area contributed by atoms with E-state index in [4.69, 9.17) is 11.6 Å². The molecule has 0 saturated heterocycles. The molecule has 55 valence electrons. The lowest BCUT2D eigenvalue weighted by Crippen LogP contribution is -2.16. The minimum atomic E-state index is -0.488. The molecular formula is C7H14ClO. The van der Waals surface area contributed by atoms with Crippen molar-refractivity contribution in [2.45, 2.75) is 38.7 Å². The first kappa shape index (κ1) is 9.25. The second-order valence-corrected chi connectivity index (χ2v) is 3.54. The monoisotopic (exact) mass is 149 g/mol. The van der Waals surface area contributed by atoms with Crippen LogP contribution in [0.1, 0.15) is 27.2 Å². The molecule has 0 spiro atoms. The van der Waals surface area contributed by atoms with Gasteiger partial charge in [-0.25, -0.2) is 5.11 Å². The second-order valence-electron chi connectivity index (χ2n) is 2.80. The molecule has 0 aromatic heterocycles. The van der Waals surface area contributed by atoms with E-state index in [1.165, 1.54) is 0 Å². The van der Waals surface area contributed by atoms with E-state index in [9.17, 15) is 5.11 Å². The molecule has 2 heteroatoms. The van der Waals surface area contributed by atoms with Crippen LogP contribution in [0.25, 0.3) is 0 Å². The first-order chi connectivity index (χ1) is 4.04. The van der Waals surface area contributed by atoms with Crippen LogP contribution in [-0.2, 0) is 5.11 Å². The van der Waals surface area contributed by atoms with Crippen LogP contribution in [0.15, 0.2) is 0 Å². The number of rotatable bonds is 3. The maximum Gasteiger partial charge on any atom is 0.0966 e. The Kier molecular flexibility index (Phi) is 4.24. The van der Waals surface area contributed by atoms with E-state index in [0.717, 1.165) is 0 Å². The highest BCUT2D eigenvalue weighted by atomic mass is 35.5. The van der Waals surface area contributed by atoms with Crippen LogP contribution in [0.3, 0.4) is 0 Å². The minimum absolute atomic E-state index is 0.0231. The third-order valence-electron chi connectivity index (χ3n) is 1.30. The lowest BCUT2D eigenvalue weighted by Gasteiger charge is -2.12. The summed E-state index contributed by atoms with van der Waals surface area (Å²) >= 11 is 5.62. The predicted molar refractivity (Wildman–Crippen MR) is 39.2 cm³/mol. The highest BCUT2D eigenvalue weighted by Gasteiger charge is 2.13. The number of alkyl halides is 1. The Morgan fingerprint density at radius 3 is 1.89 bits per heavy atom. The standard InChI is InChI=1S/C7H14ClO/c1-5(2)7(9)4-6(3)8/h5-7H,4H2,1-3H3. The van der Waals surface area contributed by atoms with Gasteiger partial charge in [0.15, 0.2) is 0 Å². The summed E-state index contributed by atoms with van der Waals surface area (Å²) in [5.41, 5.74) is 0. The van der Waals surface area contributed by atoms with Gasteiger partial charge in [-0.2, -0.15) is 0 Å². The van der Waals surface area contributed by atoms with Crippen molar-refractivity contribution in [2.24, 2.45) is 5.92 Å². The summed E-state index contributed by atoms with van der Waals surface area (Å²) in [7, 11) is 0. The van der Waals surface area contributed by atoms with E-state index in [0.29, 0.717) is 6.42 Å². The molecule has 0 amide bonds. The van der Waals surface area contributed by atoms with E-state index in [2.05, 4.69) is 0 Å². The molecule has 0 aromatic rings. The van der Waals surface area contributed by atoms with Gasteiger partial charge in [-0.05, 0) is 19.3 Å². The van der Waals surface area contributed by atoms with Crippen LogP contribution in [0.4, 0.5) is 0 Å². The van der Waals surface area contributed by atoms with Gasteiger partial charge in [0.05, 0.1) is 6.10 Å². The molecule has 9 heavy (non-hydrogen) atoms. The lowest BCUT2D eigenvalue weighted by molar-refractivity contribution is 0.0429. The Morgan fingerprint density at radius 2 is 1.78 bits per heavy atom. The van der Waals surface area contributed by atoms with Crippen LogP contribution in [-0.4, -0.2) is 11.5 Å². The van der Waals surface area contributed by atoms with Crippen LogP contribution < -0.4 is 0 Å². The average molecular weight is 150 g/mol. The fourth-order valence-corrected chi connectivity index (χ4v) is 0.768. The number of hydrogen-bond donors (Lipinski definition) is 0. The van der Waals surface area contributed by atoms with Crippen molar-refractivity contribution in [1.29, 1.82) is 0 Å². The first-order valence-electron chi connectivity index (χ1n) is 3.34. The molecule has 0 aliphatic carbocycles. The number of hydrogen-bond acceptors (Lipinski definition) is 0. The highest BCUT2D eigenvalue weighted by molar-refractivity contribution is 6.20. The Bertz CT molecular complexity index is 71.3. The van der Waals surface area contributed by atoms with Crippen LogP contribution in [0.2, 0.25) is 0 Å². The number of halogens is 1. The highest BCUT2D eigenvalue weighted by Crippen LogP contribution is 2.11. The summed E-state index contributed by atoms with van der Waals surface area (Å²) in [5.74, 6) is 0.214. The molecule has 0 rings (SSSR count). The van der Waals surface area contributed by atoms with Crippen molar-refractivity contribution in [3.8, 4) is 0 Å². The maximum absolute atomic E-state index is 11.0. The zero-order chi connectivity index (χ0) is 7.44. The summed E-state index contributed by atoms with van der Waals surface area (Å²) in [4.78, 5) is 0. The van der Waals surface area contributed by atoms with Gasteiger partial charge < -0.3 is 0 Å². The fraction of sp³-hybridized carbons (Fsp3) is 1.00. The quantitative estimate of drug-likeness (QED) is 0.550.